The molecule has 0 saturated carbocycles. The van der Waals surface area contributed by atoms with E-state index in [1.807, 2.05) is 59.3 Å². The first-order valence-corrected chi connectivity index (χ1v) is 17.7. The zero-order valence-electron chi connectivity index (χ0n) is 33.1. The van der Waals surface area contributed by atoms with Crippen molar-refractivity contribution in [3.8, 4) is 22.5 Å². The van der Waals surface area contributed by atoms with E-state index in [9.17, 15) is 19.2 Å². The zero-order chi connectivity index (χ0) is 41.4. The van der Waals surface area contributed by atoms with Gasteiger partial charge in [0, 0.05) is 68.2 Å². The number of carboxylic acid groups (broad SMARTS) is 2. The van der Waals surface area contributed by atoms with Gasteiger partial charge in [-0.15, -0.1) is 0 Å². The van der Waals surface area contributed by atoms with E-state index in [1.165, 1.54) is 11.1 Å². The summed E-state index contributed by atoms with van der Waals surface area (Å²) in [6.07, 6.45) is 0.216. The van der Waals surface area contributed by atoms with Crippen molar-refractivity contribution < 1.29 is 56.1 Å². The average molecular weight is 824 g/mol. The molecule has 304 valence electrons. The Morgan fingerprint density at radius 3 is 1.12 bits per heavy atom. The minimum Gasteiger partial charge on any atom is -0.479 e. The molecule has 4 N–H and O–H groups in total. The molecule has 4 aromatic heterocycles. The number of carboxylic acids is 2. The van der Waals surface area contributed by atoms with Crippen molar-refractivity contribution >= 4 is 35.0 Å². The number of aryl methyl sites for hydroxylation is 4. The van der Waals surface area contributed by atoms with E-state index in [-0.39, 0.29) is 28.3 Å². The van der Waals surface area contributed by atoms with Crippen LogP contribution in [0.5, 0.6) is 0 Å². The molecular formula is C42H48N6NiO8. The molecule has 2 amide bonds. The maximum atomic E-state index is 12.3. The molecule has 2 atom stereocenters. The van der Waals surface area contributed by atoms with Crippen LogP contribution in [0.2, 0.25) is 0 Å². The topological polar surface area (TPSA) is 190 Å². The van der Waals surface area contributed by atoms with Crippen molar-refractivity contribution in [2.75, 3.05) is 28.2 Å². The van der Waals surface area contributed by atoms with Gasteiger partial charge in [-0.25, -0.2) is 19.6 Å². The van der Waals surface area contributed by atoms with E-state index in [0.29, 0.717) is 12.8 Å². The van der Waals surface area contributed by atoms with Gasteiger partial charge in [0.25, 0.3) is 0 Å². The molecule has 0 aliphatic carbocycles. The molecule has 0 saturated heterocycles. The number of aliphatic carboxylic acids is 2. The quantitative estimate of drug-likeness (QED) is 0.152. The Bertz CT molecular complexity index is 2190. The number of benzene rings is 2. The van der Waals surface area contributed by atoms with E-state index in [2.05, 4.69) is 62.4 Å². The minimum absolute atomic E-state index is 0. The van der Waals surface area contributed by atoms with Gasteiger partial charge in [-0.1, -0.05) is 71.8 Å². The zero-order valence-corrected chi connectivity index (χ0v) is 34.1. The van der Waals surface area contributed by atoms with Gasteiger partial charge in [0.1, 0.15) is 11.3 Å². The van der Waals surface area contributed by atoms with E-state index in [1.54, 1.807) is 38.0 Å². The Balaban J connectivity index is 0.000000245. The summed E-state index contributed by atoms with van der Waals surface area (Å²) in [5.74, 6) is -3.40. The normalized spacial score (nSPS) is 11.6. The summed E-state index contributed by atoms with van der Waals surface area (Å²) in [5.41, 5.74) is 12.2. The van der Waals surface area contributed by atoms with Crippen LogP contribution >= 0.6 is 0 Å². The van der Waals surface area contributed by atoms with Crippen LogP contribution in [0.1, 0.15) is 33.6 Å². The predicted molar refractivity (Wildman–Crippen MR) is 212 cm³/mol. The summed E-state index contributed by atoms with van der Waals surface area (Å²) < 4.78 is 4.07. The molecule has 0 aliphatic heterocycles. The molecule has 14 nitrogen and oxygen atoms in total. The van der Waals surface area contributed by atoms with Crippen LogP contribution in [0.25, 0.3) is 33.8 Å². The second kappa shape index (κ2) is 19.8. The van der Waals surface area contributed by atoms with Gasteiger partial charge in [-0.05, 0) is 51.0 Å². The number of hydrogen-bond acceptors (Lipinski definition) is 8. The molecule has 0 aliphatic rings. The number of carbonyl (C=O) groups is 4. The van der Waals surface area contributed by atoms with Crippen molar-refractivity contribution in [3.63, 3.8) is 0 Å². The summed E-state index contributed by atoms with van der Waals surface area (Å²) in [6, 6.07) is 24.6. The van der Waals surface area contributed by atoms with E-state index >= 15 is 0 Å². The van der Waals surface area contributed by atoms with Gasteiger partial charge in [-0.2, -0.15) is 0 Å². The molecule has 0 fully saturated rings. The number of aliphatic hydroxyl groups is 2. The fourth-order valence-corrected chi connectivity index (χ4v) is 5.49. The molecule has 0 bridgehead atoms. The van der Waals surface area contributed by atoms with Crippen LogP contribution in [-0.2, 0) is 48.5 Å². The molecule has 0 radical (unpaired) electrons. The summed E-state index contributed by atoms with van der Waals surface area (Å²) in [7, 11) is 7.12. The largest absolute Gasteiger partial charge is 0.479 e. The Morgan fingerprint density at radius 2 is 0.842 bits per heavy atom. The van der Waals surface area contributed by atoms with Crippen molar-refractivity contribution in [2.45, 2.75) is 52.7 Å². The van der Waals surface area contributed by atoms with E-state index in [4.69, 9.17) is 30.4 Å². The first-order valence-electron chi connectivity index (χ1n) is 17.7. The number of nitrogens with zero attached hydrogens (tertiary/aromatic N) is 6. The fourth-order valence-electron chi connectivity index (χ4n) is 5.49. The SMILES string of the molecule is Cc1ccc(-c2nc3ccc(C)cn3c2CC(=O)N(C)C)cc1.Cc1ccc(-c2nc3ccc(C)cn3c2CC(=O)N(C)C)cc1.O=C(O)[C@H](O)[C@@H](O)C(=O)O.[Ni]. The molecule has 2 aromatic carbocycles. The minimum atomic E-state index is -2.27. The summed E-state index contributed by atoms with van der Waals surface area (Å²) >= 11 is 0. The summed E-state index contributed by atoms with van der Waals surface area (Å²) in [4.78, 5) is 56.8. The monoisotopic (exact) mass is 822 g/mol. The van der Waals surface area contributed by atoms with Crippen LogP contribution < -0.4 is 0 Å². The molecule has 4 heterocycles. The standard InChI is InChI=1S/2C19H21N3O.C4H6O6.Ni/c2*1-13-5-8-15(9-6-13)19-16(11-18(23)21(3)4)22-12-14(2)7-10-17(22)20-19;5-1(3(7)8)2(6)4(9)10;/h2*5-10,12H,11H2,1-4H3;1-2,5-6H,(H,7,8)(H,9,10);/t;;1-,2-;/m..1./s1. The first kappa shape index (κ1) is 45.5. The van der Waals surface area contributed by atoms with Crippen LogP contribution in [-0.4, -0.2) is 113 Å². The third kappa shape index (κ3) is 11.6. The molecule has 6 rings (SSSR count). The van der Waals surface area contributed by atoms with Crippen LogP contribution in [0.4, 0.5) is 0 Å². The van der Waals surface area contributed by atoms with E-state index in [0.717, 1.165) is 56.3 Å². The maximum absolute atomic E-state index is 12.3. The maximum Gasteiger partial charge on any atom is 0.335 e. The van der Waals surface area contributed by atoms with Crippen molar-refractivity contribution in [2.24, 2.45) is 0 Å². The van der Waals surface area contributed by atoms with Gasteiger partial charge in [0.2, 0.25) is 11.8 Å². The van der Waals surface area contributed by atoms with Crippen molar-refractivity contribution in [1.29, 1.82) is 0 Å². The average Bonchev–Trinajstić information content (AvgIpc) is 3.69. The fraction of sp³-hybridized carbons (Fsp3) is 0.286. The molecule has 6 aromatic rings. The number of rotatable bonds is 9. The van der Waals surface area contributed by atoms with Crippen molar-refractivity contribution in [3.05, 3.63) is 119 Å². The molecular weight excluding hydrogens is 775 g/mol. The third-order valence-corrected chi connectivity index (χ3v) is 8.82. The third-order valence-electron chi connectivity index (χ3n) is 8.82. The number of pyridine rings is 2. The molecule has 15 heteroatoms. The Labute approximate surface area is 341 Å². The van der Waals surface area contributed by atoms with Gasteiger partial charge in [0.15, 0.2) is 12.2 Å². The van der Waals surface area contributed by atoms with Gasteiger partial charge < -0.3 is 39.0 Å². The Morgan fingerprint density at radius 1 is 0.544 bits per heavy atom. The number of fused-ring (bicyclic) bond motifs is 2. The summed E-state index contributed by atoms with van der Waals surface area (Å²) in [6.45, 7) is 8.21. The van der Waals surface area contributed by atoms with Gasteiger partial charge >= 0.3 is 11.9 Å². The number of aliphatic hydroxyl groups excluding tert-OH is 2. The van der Waals surface area contributed by atoms with Crippen molar-refractivity contribution in [1.82, 2.24) is 28.6 Å². The van der Waals surface area contributed by atoms with Crippen LogP contribution in [0, 0.1) is 27.7 Å². The number of likely N-dealkylation sites (N-methyl/N-ethyl adjacent to an activating group) is 2. The molecule has 0 unspecified atom stereocenters. The number of imidazole rings is 2. The molecule has 57 heavy (non-hydrogen) atoms. The number of hydrogen-bond donors (Lipinski definition) is 4. The molecule has 0 spiro atoms. The Kier molecular flexibility index (Phi) is 15.8. The van der Waals surface area contributed by atoms with Crippen LogP contribution in [0.15, 0.2) is 85.2 Å². The number of aromatic nitrogens is 4. The van der Waals surface area contributed by atoms with E-state index < -0.39 is 24.1 Å². The van der Waals surface area contributed by atoms with Gasteiger partial charge in [-0.3, -0.25) is 9.59 Å². The van der Waals surface area contributed by atoms with Gasteiger partial charge in [0.05, 0.1) is 35.6 Å². The second-order valence-electron chi connectivity index (χ2n) is 13.9. The predicted octanol–water partition coefficient (Wildman–Crippen LogP) is 4.37. The number of amides is 2. The summed E-state index contributed by atoms with van der Waals surface area (Å²) in [5, 5.41) is 32.5. The number of carbonyl (C=O) groups excluding carboxylic acids is 2. The smallest absolute Gasteiger partial charge is 0.335 e. The second-order valence-corrected chi connectivity index (χ2v) is 13.9. The first-order chi connectivity index (χ1) is 26.4. The van der Waals surface area contributed by atoms with Crippen LogP contribution in [0.3, 0.4) is 0 Å². The Hall–Kier alpha value is -5.89.